The van der Waals surface area contributed by atoms with Crippen molar-refractivity contribution >= 4 is 33.4 Å². The van der Waals surface area contributed by atoms with E-state index in [-0.39, 0.29) is 17.1 Å². The van der Waals surface area contributed by atoms with Crippen molar-refractivity contribution in [1.29, 1.82) is 0 Å². The Kier molecular flexibility index (Phi) is 5.60. The summed E-state index contributed by atoms with van der Waals surface area (Å²) in [5.74, 6) is -0.0770. The van der Waals surface area contributed by atoms with E-state index in [4.69, 9.17) is 0 Å². The van der Waals surface area contributed by atoms with Crippen molar-refractivity contribution in [3.8, 4) is 0 Å². The maximum Gasteiger partial charge on any atom is 0.255 e. The first-order chi connectivity index (χ1) is 14.6. The van der Waals surface area contributed by atoms with Crippen molar-refractivity contribution in [2.75, 3.05) is 5.32 Å². The van der Waals surface area contributed by atoms with Gasteiger partial charge in [-0.2, -0.15) is 0 Å². The van der Waals surface area contributed by atoms with Gasteiger partial charge in [0, 0.05) is 45.0 Å². The zero-order valence-corrected chi connectivity index (χ0v) is 19.8. The van der Waals surface area contributed by atoms with Gasteiger partial charge in [0.25, 0.3) is 5.91 Å². The van der Waals surface area contributed by atoms with E-state index >= 15 is 0 Å². The Hall–Kier alpha value is -2.73. The van der Waals surface area contributed by atoms with Crippen LogP contribution in [0.2, 0.25) is 0 Å². The van der Waals surface area contributed by atoms with Crippen molar-refractivity contribution in [1.82, 2.24) is 10.3 Å². The molecule has 1 atom stereocenters. The van der Waals surface area contributed by atoms with Crippen LogP contribution in [0, 0.1) is 12.3 Å². The topological polar surface area (TPSA) is 71.1 Å². The number of carbonyl (C=O) groups is 2. The number of halogens is 1. The van der Waals surface area contributed by atoms with Crippen molar-refractivity contribution in [2.45, 2.75) is 46.5 Å². The molecule has 0 unspecified atom stereocenters. The van der Waals surface area contributed by atoms with Crippen LogP contribution in [-0.4, -0.2) is 16.7 Å². The van der Waals surface area contributed by atoms with E-state index in [0.717, 1.165) is 33.5 Å². The van der Waals surface area contributed by atoms with Gasteiger partial charge in [0.2, 0.25) is 0 Å². The average Bonchev–Trinajstić information content (AvgIpc) is 2.66. The number of nitrogens with zero attached hydrogens (tertiary/aromatic N) is 1. The largest absolute Gasteiger partial charge is 0.362 e. The van der Waals surface area contributed by atoms with Gasteiger partial charge in [-0.1, -0.05) is 48.0 Å². The molecule has 1 aliphatic heterocycles. The Bertz CT molecular complexity index is 1130. The van der Waals surface area contributed by atoms with Gasteiger partial charge in [-0.05, 0) is 55.5 Å². The number of benzene rings is 1. The van der Waals surface area contributed by atoms with E-state index in [1.165, 1.54) is 0 Å². The summed E-state index contributed by atoms with van der Waals surface area (Å²) < 4.78 is 0.950. The lowest BCUT2D eigenvalue weighted by Gasteiger charge is -2.39. The molecule has 1 aliphatic carbocycles. The van der Waals surface area contributed by atoms with Crippen molar-refractivity contribution in [2.24, 2.45) is 5.41 Å². The summed E-state index contributed by atoms with van der Waals surface area (Å²) in [5, 5.41) is 6.32. The number of aromatic nitrogens is 1. The Labute approximate surface area is 191 Å². The molecule has 31 heavy (non-hydrogen) atoms. The summed E-state index contributed by atoms with van der Waals surface area (Å²) in [6, 6.07) is 13.4. The molecule has 2 aromatic rings. The molecule has 160 valence electrons. The molecule has 0 bridgehead atoms. The molecule has 1 amide bonds. The number of allylic oxidation sites excluding steroid dienone is 3. The highest BCUT2D eigenvalue weighted by molar-refractivity contribution is 9.10. The summed E-state index contributed by atoms with van der Waals surface area (Å²) in [4.78, 5) is 31.2. The fourth-order valence-corrected chi connectivity index (χ4v) is 4.79. The Balaban J connectivity index is 1.80. The third-order valence-electron chi connectivity index (χ3n) is 5.82. The van der Waals surface area contributed by atoms with E-state index in [9.17, 15) is 9.59 Å². The van der Waals surface area contributed by atoms with Gasteiger partial charge in [0.05, 0.1) is 0 Å². The van der Waals surface area contributed by atoms with Gasteiger partial charge in [-0.3, -0.25) is 9.59 Å². The van der Waals surface area contributed by atoms with E-state index < -0.39 is 5.92 Å². The average molecular weight is 480 g/mol. The minimum absolute atomic E-state index is 0.0955. The molecule has 2 N–H and O–H groups in total. The summed E-state index contributed by atoms with van der Waals surface area (Å²) in [6.45, 7) is 8.00. The van der Waals surface area contributed by atoms with Gasteiger partial charge in [0.1, 0.15) is 5.82 Å². The van der Waals surface area contributed by atoms with Crippen LogP contribution >= 0.6 is 15.9 Å². The normalized spacial score (nSPS) is 20.3. The van der Waals surface area contributed by atoms with Gasteiger partial charge >= 0.3 is 0 Å². The fourth-order valence-electron chi connectivity index (χ4n) is 4.52. The summed E-state index contributed by atoms with van der Waals surface area (Å²) in [7, 11) is 0. The summed E-state index contributed by atoms with van der Waals surface area (Å²) in [5.41, 5.74) is 4.58. The van der Waals surface area contributed by atoms with Gasteiger partial charge in [-0.15, -0.1) is 0 Å². The molecule has 0 saturated carbocycles. The monoisotopic (exact) mass is 479 g/mol. The smallest absolute Gasteiger partial charge is 0.255 e. The van der Waals surface area contributed by atoms with Gasteiger partial charge in [0.15, 0.2) is 5.78 Å². The number of amides is 1. The van der Waals surface area contributed by atoms with Crippen LogP contribution in [0.5, 0.6) is 0 Å². The number of hydrogen-bond acceptors (Lipinski definition) is 4. The predicted molar refractivity (Wildman–Crippen MR) is 125 cm³/mol. The van der Waals surface area contributed by atoms with Crippen LogP contribution in [0.3, 0.4) is 0 Å². The number of ketones is 1. The standard InChI is InChI=1S/C25H26BrN3O2/c1-14-6-5-7-20(27-14)29-24(31)21-15(2)28-18-12-25(3,4)13-19(30)23(18)22(21)16-8-10-17(26)11-9-16/h5-11,22,28H,12-13H2,1-4H3,(H,27,29,31)/t22-/m0/s1. The van der Waals surface area contributed by atoms with Crippen LogP contribution in [-0.2, 0) is 9.59 Å². The number of nitrogens with one attached hydrogen (secondary N) is 2. The van der Waals surface area contributed by atoms with Crippen LogP contribution in [0.25, 0.3) is 0 Å². The SMILES string of the molecule is CC1=C(C(=O)Nc2cccc(C)n2)[C@H](c2ccc(Br)cc2)C2=C(CC(C)(C)CC2=O)N1. The van der Waals surface area contributed by atoms with Crippen LogP contribution in [0.15, 0.2) is 69.5 Å². The zero-order valence-electron chi connectivity index (χ0n) is 18.2. The van der Waals surface area contributed by atoms with Crippen molar-refractivity contribution in [3.05, 3.63) is 80.7 Å². The second-order valence-corrected chi connectivity index (χ2v) is 10.0. The Morgan fingerprint density at radius 3 is 2.52 bits per heavy atom. The fraction of sp³-hybridized carbons (Fsp3) is 0.320. The minimum Gasteiger partial charge on any atom is -0.362 e. The predicted octanol–water partition coefficient (Wildman–Crippen LogP) is 5.40. The van der Waals surface area contributed by atoms with Crippen LogP contribution in [0.4, 0.5) is 5.82 Å². The first-order valence-corrected chi connectivity index (χ1v) is 11.2. The highest BCUT2D eigenvalue weighted by Crippen LogP contribution is 2.46. The number of rotatable bonds is 3. The van der Waals surface area contributed by atoms with Crippen molar-refractivity contribution < 1.29 is 9.59 Å². The number of dihydropyridines is 1. The number of pyridine rings is 1. The molecular weight excluding hydrogens is 454 g/mol. The van der Waals surface area contributed by atoms with E-state index in [1.807, 2.05) is 50.2 Å². The van der Waals surface area contributed by atoms with Crippen molar-refractivity contribution in [3.63, 3.8) is 0 Å². The first-order valence-electron chi connectivity index (χ1n) is 10.4. The number of aryl methyl sites for hydroxylation is 1. The molecule has 2 heterocycles. The maximum absolute atomic E-state index is 13.5. The minimum atomic E-state index is -0.419. The second kappa shape index (κ2) is 8.08. The van der Waals surface area contributed by atoms with E-state index in [2.05, 4.69) is 45.4 Å². The number of Topliss-reactive ketones (excluding diaryl/α,β-unsaturated/α-hetero) is 1. The third kappa shape index (κ3) is 4.35. The molecule has 0 spiro atoms. The van der Waals surface area contributed by atoms with Crippen LogP contribution < -0.4 is 10.6 Å². The second-order valence-electron chi connectivity index (χ2n) is 9.10. The molecule has 0 fully saturated rings. The molecule has 0 radical (unpaired) electrons. The highest BCUT2D eigenvalue weighted by atomic mass is 79.9. The Morgan fingerprint density at radius 2 is 1.84 bits per heavy atom. The van der Waals surface area contributed by atoms with E-state index in [0.29, 0.717) is 23.4 Å². The van der Waals surface area contributed by atoms with E-state index in [1.54, 1.807) is 6.07 Å². The summed E-state index contributed by atoms with van der Waals surface area (Å²) in [6.07, 6.45) is 1.24. The first kappa shape index (κ1) is 21.5. The highest BCUT2D eigenvalue weighted by Gasteiger charge is 2.42. The third-order valence-corrected chi connectivity index (χ3v) is 6.35. The lowest BCUT2D eigenvalue weighted by Crippen LogP contribution is -2.39. The molecule has 0 saturated heterocycles. The molecule has 1 aromatic heterocycles. The molecule has 4 rings (SSSR count). The number of hydrogen-bond donors (Lipinski definition) is 2. The molecule has 5 nitrogen and oxygen atoms in total. The van der Waals surface area contributed by atoms with Gasteiger partial charge < -0.3 is 10.6 Å². The zero-order chi connectivity index (χ0) is 22.3. The number of carbonyl (C=O) groups excluding carboxylic acids is 2. The lowest BCUT2D eigenvalue weighted by atomic mass is 9.68. The molecule has 6 heteroatoms. The number of anilines is 1. The van der Waals surface area contributed by atoms with Gasteiger partial charge in [-0.25, -0.2) is 4.98 Å². The Morgan fingerprint density at radius 1 is 1.13 bits per heavy atom. The molecular formula is C25H26BrN3O2. The molecule has 2 aliphatic rings. The lowest BCUT2D eigenvalue weighted by molar-refractivity contribution is -0.118. The molecule has 1 aromatic carbocycles. The maximum atomic E-state index is 13.5. The quantitative estimate of drug-likeness (QED) is 0.618. The summed E-state index contributed by atoms with van der Waals surface area (Å²) >= 11 is 3.48. The van der Waals surface area contributed by atoms with Crippen LogP contribution in [0.1, 0.15) is 50.8 Å².